The molecule has 1 aliphatic carbocycles. The Morgan fingerprint density at radius 3 is 2.83 bits per heavy atom. The molecule has 0 aromatic heterocycles. The van der Waals surface area contributed by atoms with Crippen LogP contribution in [0, 0.1) is 5.82 Å². The van der Waals surface area contributed by atoms with Crippen molar-refractivity contribution >= 4 is 17.3 Å². The second-order valence-electron chi connectivity index (χ2n) is 8.59. The summed E-state index contributed by atoms with van der Waals surface area (Å²) in [4.78, 5) is 18.8. The molecule has 2 atom stereocenters. The predicted molar refractivity (Wildman–Crippen MR) is 110 cm³/mol. The second kappa shape index (κ2) is 7.51. The number of fused-ring (bicyclic) bond motifs is 5. The molecular formula is C22H28FN3O4. The van der Waals surface area contributed by atoms with E-state index in [1.54, 1.807) is 13.1 Å². The number of carbonyl (C=O) groups excluding carboxylic acids is 1. The first-order valence-corrected chi connectivity index (χ1v) is 10.7. The number of likely N-dealkylation sites (N-methyl/N-ethyl adjacent to an activating group) is 1. The van der Waals surface area contributed by atoms with Crippen molar-refractivity contribution < 1.29 is 23.8 Å². The van der Waals surface area contributed by atoms with Gasteiger partial charge in [0.1, 0.15) is 11.9 Å². The van der Waals surface area contributed by atoms with Crippen molar-refractivity contribution in [2.24, 2.45) is 0 Å². The number of aliphatic hydroxyl groups excluding tert-OH is 1. The van der Waals surface area contributed by atoms with E-state index in [0.717, 1.165) is 43.7 Å². The van der Waals surface area contributed by atoms with Gasteiger partial charge in [0.2, 0.25) is 0 Å². The number of esters is 1. The van der Waals surface area contributed by atoms with Gasteiger partial charge in [0, 0.05) is 43.0 Å². The van der Waals surface area contributed by atoms with Gasteiger partial charge >= 0.3 is 5.97 Å². The third kappa shape index (κ3) is 3.18. The quantitative estimate of drug-likeness (QED) is 0.754. The van der Waals surface area contributed by atoms with Crippen molar-refractivity contribution in [3.05, 3.63) is 34.8 Å². The number of rotatable bonds is 3. The first-order valence-electron chi connectivity index (χ1n) is 10.7. The van der Waals surface area contributed by atoms with Crippen LogP contribution >= 0.6 is 0 Å². The van der Waals surface area contributed by atoms with Gasteiger partial charge in [-0.3, -0.25) is 0 Å². The number of aliphatic hydroxyl groups is 1. The molecule has 1 saturated heterocycles. The van der Waals surface area contributed by atoms with Crippen LogP contribution in [0.3, 0.4) is 0 Å². The highest BCUT2D eigenvalue weighted by Gasteiger charge is 2.42. The fourth-order valence-corrected chi connectivity index (χ4v) is 4.88. The lowest BCUT2D eigenvalue weighted by atomic mass is 9.91. The van der Waals surface area contributed by atoms with Gasteiger partial charge in [-0.05, 0) is 32.9 Å². The van der Waals surface area contributed by atoms with Gasteiger partial charge in [0.15, 0.2) is 0 Å². The van der Waals surface area contributed by atoms with Gasteiger partial charge in [0.05, 0.1) is 42.8 Å². The minimum Gasteiger partial charge on any atom is -0.463 e. The number of hydrogen-bond donors (Lipinski definition) is 1. The molecule has 4 aliphatic rings. The molecule has 1 N–H and O–H groups in total. The molecule has 3 aliphatic heterocycles. The Morgan fingerprint density at radius 1 is 1.30 bits per heavy atom. The molecule has 2 unspecified atom stereocenters. The van der Waals surface area contributed by atoms with Crippen molar-refractivity contribution in [1.82, 2.24) is 4.90 Å². The molecule has 162 valence electrons. The van der Waals surface area contributed by atoms with E-state index in [0.29, 0.717) is 17.9 Å². The number of carbonyl (C=O) groups is 1. The number of hydrogen-bond acceptors (Lipinski definition) is 7. The van der Waals surface area contributed by atoms with Gasteiger partial charge in [-0.25, -0.2) is 9.18 Å². The maximum absolute atomic E-state index is 15.5. The van der Waals surface area contributed by atoms with E-state index in [2.05, 4.69) is 16.8 Å². The van der Waals surface area contributed by atoms with Crippen LogP contribution in [0.25, 0.3) is 0 Å². The van der Waals surface area contributed by atoms with Crippen molar-refractivity contribution in [2.75, 3.05) is 49.7 Å². The predicted octanol–water partition coefficient (Wildman–Crippen LogP) is 1.94. The summed E-state index contributed by atoms with van der Waals surface area (Å²) in [5, 5.41) is 11.0. The number of halogens is 1. The first-order chi connectivity index (χ1) is 14.5. The maximum Gasteiger partial charge on any atom is 0.338 e. The zero-order valence-electron chi connectivity index (χ0n) is 17.4. The Labute approximate surface area is 175 Å². The highest BCUT2D eigenvalue weighted by atomic mass is 19.1. The van der Waals surface area contributed by atoms with Crippen LogP contribution in [-0.2, 0) is 20.9 Å². The molecule has 1 aromatic carbocycles. The van der Waals surface area contributed by atoms with E-state index in [9.17, 15) is 9.90 Å². The Bertz CT molecular complexity index is 901. The SMILES string of the molecule is CCOC(=O)C1=CN(C2CC2)c2c(cc(F)c3c2COCC2CN(C)CCN32)C1O. The standard InChI is InChI=1S/C22H28FN3O4/c1-3-30-22(28)16-10-26(13-4-5-13)19-15(21(16)27)8-18(23)20-17(19)12-29-11-14-9-24(2)6-7-25(14)20/h8,10,13-14,21,27H,3-7,9,11-12H2,1-2H3. The van der Waals surface area contributed by atoms with Gasteiger partial charge in [-0.15, -0.1) is 0 Å². The normalized spacial score (nSPS) is 26.3. The first kappa shape index (κ1) is 19.8. The molecule has 30 heavy (non-hydrogen) atoms. The van der Waals surface area contributed by atoms with E-state index < -0.39 is 12.1 Å². The molecule has 5 rings (SSSR count). The Kier molecular flexibility index (Phi) is 4.95. The fraction of sp³-hybridized carbons (Fsp3) is 0.591. The molecule has 8 heteroatoms. The summed E-state index contributed by atoms with van der Waals surface area (Å²) in [6.07, 6.45) is 2.46. The van der Waals surface area contributed by atoms with Crippen LogP contribution in [0.15, 0.2) is 17.8 Å². The van der Waals surface area contributed by atoms with Crippen LogP contribution in [0.4, 0.5) is 15.8 Å². The highest BCUT2D eigenvalue weighted by Crippen LogP contribution is 2.49. The number of benzene rings is 1. The van der Waals surface area contributed by atoms with Crippen LogP contribution in [0.2, 0.25) is 0 Å². The fourth-order valence-electron chi connectivity index (χ4n) is 4.88. The highest BCUT2D eigenvalue weighted by molar-refractivity contribution is 5.93. The molecule has 0 spiro atoms. The molecule has 0 radical (unpaired) electrons. The molecule has 2 fully saturated rings. The van der Waals surface area contributed by atoms with Gasteiger partial charge in [0.25, 0.3) is 0 Å². The summed E-state index contributed by atoms with van der Waals surface area (Å²) in [7, 11) is 2.07. The molecule has 1 saturated carbocycles. The number of nitrogens with zero attached hydrogens (tertiary/aromatic N) is 3. The molecule has 1 aromatic rings. The molecule has 3 heterocycles. The van der Waals surface area contributed by atoms with E-state index in [4.69, 9.17) is 9.47 Å². The largest absolute Gasteiger partial charge is 0.463 e. The van der Waals surface area contributed by atoms with Crippen LogP contribution in [0.1, 0.15) is 37.0 Å². The molecule has 0 bridgehead atoms. The van der Waals surface area contributed by atoms with E-state index in [1.807, 2.05) is 4.90 Å². The summed E-state index contributed by atoms with van der Waals surface area (Å²) < 4.78 is 26.7. The molecule has 7 nitrogen and oxygen atoms in total. The van der Waals surface area contributed by atoms with Gasteiger partial charge < -0.3 is 29.3 Å². The van der Waals surface area contributed by atoms with Crippen LogP contribution in [-0.4, -0.2) is 68.0 Å². The van der Waals surface area contributed by atoms with Gasteiger partial charge in [-0.2, -0.15) is 0 Å². The topological polar surface area (TPSA) is 65.5 Å². The zero-order chi connectivity index (χ0) is 21.0. The Morgan fingerprint density at radius 2 is 2.10 bits per heavy atom. The lowest BCUT2D eigenvalue weighted by Gasteiger charge is -2.41. The number of piperazine rings is 1. The van der Waals surface area contributed by atoms with Crippen molar-refractivity contribution in [3.63, 3.8) is 0 Å². The average molecular weight is 417 g/mol. The summed E-state index contributed by atoms with van der Waals surface area (Å²) in [5.41, 5.74) is 2.70. The smallest absolute Gasteiger partial charge is 0.338 e. The summed E-state index contributed by atoms with van der Waals surface area (Å²) in [5.74, 6) is -0.934. The number of ether oxygens (including phenoxy) is 2. The van der Waals surface area contributed by atoms with Crippen molar-refractivity contribution in [1.29, 1.82) is 0 Å². The minimum absolute atomic E-state index is 0.0890. The van der Waals surface area contributed by atoms with E-state index in [1.165, 1.54) is 6.07 Å². The Balaban J connectivity index is 1.64. The maximum atomic E-state index is 15.5. The summed E-state index contributed by atoms with van der Waals surface area (Å²) in [6, 6.07) is 1.73. The lowest BCUT2D eigenvalue weighted by Crippen LogP contribution is -2.53. The molecular weight excluding hydrogens is 389 g/mol. The summed E-state index contributed by atoms with van der Waals surface area (Å²) >= 11 is 0. The van der Waals surface area contributed by atoms with Crippen LogP contribution < -0.4 is 9.80 Å². The van der Waals surface area contributed by atoms with Gasteiger partial charge in [-0.1, -0.05) is 0 Å². The zero-order valence-corrected chi connectivity index (χ0v) is 17.4. The molecule has 0 amide bonds. The minimum atomic E-state index is -1.22. The van der Waals surface area contributed by atoms with E-state index >= 15 is 4.39 Å². The van der Waals surface area contributed by atoms with Crippen LogP contribution in [0.5, 0.6) is 0 Å². The third-order valence-electron chi connectivity index (χ3n) is 6.46. The second-order valence-corrected chi connectivity index (χ2v) is 8.59. The Hall–Kier alpha value is -2.16. The lowest BCUT2D eigenvalue weighted by molar-refractivity contribution is -0.139. The van der Waals surface area contributed by atoms with E-state index in [-0.39, 0.29) is 36.7 Å². The third-order valence-corrected chi connectivity index (χ3v) is 6.46. The monoisotopic (exact) mass is 417 g/mol. The average Bonchev–Trinajstić information content (AvgIpc) is 3.55. The summed E-state index contributed by atoms with van der Waals surface area (Å²) in [6.45, 7) is 5.16. The van der Waals surface area contributed by atoms with Crippen molar-refractivity contribution in [3.8, 4) is 0 Å². The number of anilines is 2. The van der Waals surface area contributed by atoms with Crippen molar-refractivity contribution in [2.45, 2.75) is 44.6 Å².